The molecule has 0 spiro atoms. The molecular formula is C28H35N3O4. The van der Waals surface area contributed by atoms with Crippen molar-refractivity contribution in [3.8, 4) is 11.5 Å². The van der Waals surface area contributed by atoms with Gasteiger partial charge in [0.15, 0.2) is 0 Å². The highest BCUT2D eigenvalue weighted by molar-refractivity contribution is 5.91. The molecule has 1 N–H and O–H groups in total. The van der Waals surface area contributed by atoms with E-state index in [2.05, 4.69) is 10.2 Å². The lowest BCUT2D eigenvalue weighted by Crippen LogP contribution is -2.53. The predicted molar refractivity (Wildman–Crippen MR) is 134 cm³/mol. The average molecular weight is 478 g/mol. The highest BCUT2D eigenvalue weighted by Crippen LogP contribution is 2.50. The van der Waals surface area contributed by atoms with Gasteiger partial charge in [0, 0.05) is 39.1 Å². The van der Waals surface area contributed by atoms with Crippen molar-refractivity contribution in [2.45, 2.75) is 55.7 Å². The second-order valence-corrected chi connectivity index (χ2v) is 9.95. The first-order valence-electron chi connectivity index (χ1n) is 12.7. The lowest BCUT2D eigenvalue weighted by Gasteiger charge is -2.40. The Morgan fingerprint density at radius 1 is 0.971 bits per heavy atom. The maximum Gasteiger partial charge on any atom is 0.237 e. The third kappa shape index (κ3) is 4.74. The van der Waals surface area contributed by atoms with Crippen molar-refractivity contribution in [2.75, 3.05) is 33.8 Å². The van der Waals surface area contributed by atoms with E-state index < -0.39 is 0 Å². The fourth-order valence-electron chi connectivity index (χ4n) is 5.79. The fraction of sp³-hybridized carbons (Fsp3) is 0.500. The summed E-state index contributed by atoms with van der Waals surface area (Å²) in [5, 5.41) is 2.83. The number of nitrogens with zero attached hydrogens (tertiary/aromatic N) is 2. The van der Waals surface area contributed by atoms with Crippen LogP contribution in [0.15, 0.2) is 54.6 Å². The molecule has 7 heteroatoms. The number of hydrogen-bond donors (Lipinski definition) is 1. The van der Waals surface area contributed by atoms with E-state index in [1.807, 2.05) is 59.5 Å². The van der Waals surface area contributed by atoms with Crippen LogP contribution in [-0.2, 0) is 15.0 Å². The Morgan fingerprint density at radius 3 is 2.26 bits per heavy atom. The van der Waals surface area contributed by atoms with Crippen LogP contribution in [-0.4, -0.2) is 73.6 Å². The Balaban J connectivity index is 1.22. The standard InChI is InChI=1S/C28H35N3O4/c1-29-26(32)25-18-24(35-23-6-4-3-5-7-23)19-31(25)21-12-16-30(17-13-21)27(33)28(14-15-28)20-8-10-22(34-2)11-9-20/h3-11,21,24-25H,12-19H2,1-2H3,(H,29,32)/t24-,25-/m0/s1. The number of carbonyl (C=O) groups excluding carboxylic acids is 2. The molecule has 2 aromatic rings. The van der Waals surface area contributed by atoms with Gasteiger partial charge in [0.2, 0.25) is 11.8 Å². The lowest BCUT2D eigenvalue weighted by atomic mass is 9.92. The third-order valence-electron chi connectivity index (χ3n) is 7.92. The number of ether oxygens (including phenoxy) is 2. The molecule has 186 valence electrons. The molecule has 0 bridgehead atoms. The van der Waals surface area contributed by atoms with E-state index in [9.17, 15) is 9.59 Å². The monoisotopic (exact) mass is 477 g/mol. The largest absolute Gasteiger partial charge is 0.497 e. The van der Waals surface area contributed by atoms with Gasteiger partial charge in [-0.15, -0.1) is 0 Å². The van der Waals surface area contributed by atoms with E-state index in [0.29, 0.717) is 6.42 Å². The number of hydrogen-bond acceptors (Lipinski definition) is 5. The number of para-hydroxylation sites is 1. The molecule has 7 nitrogen and oxygen atoms in total. The van der Waals surface area contributed by atoms with Gasteiger partial charge >= 0.3 is 0 Å². The van der Waals surface area contributed by atoms with Gasteiger partial charge in [-0.2, -0.15) is 0 Å². The molecule has 0 aromatic heterocycles. The van der Waals surface area contributed by atoms with E-state index in [1.165, 1.54) is 0 Å². The molecule has 0 radical (unpaired) electrons. The van der Waals surface area contributed by atoms with E-state index in [4.69, 9.17) is 9.47 Å². The first kappa shape index (κ1) is 23.7. The zero-order valence-electron chi connectivity index (χ0n) is 20.6. The molecule has 2 amide bonds. The molecule has 3 aliphatic rings. The quantitative estimate of drug-likeness (QED) is 0.664. The van der Waals surface area contributed by atoms with Crippen LogP contribution in [0.1, 0.15) is 37.7 Å². The summed E-state index contributed by atoms with van der Waals surface area (Å²) < 4.78 is 11.5. The first-order valence-corrected chi connectivity index (χ1v) is 12.7. The lowest BCUT2D eigenvalue weighted by molar-refractivity contribution is -0.136. The van der Waals surface area contributed by atoms with Crippen LogP contribution in [0.5, 0.6) is 11.5 Å². The van der Waals surface area contributed by atoms with E-state index in [1.54, 1.807) is 14.2 Å². The van der Waals surface area contributed by atoms with Crippen LogP contribution >= 0.6 is 0 Å². The summed E-state index contributed by atoms with van der Waals surface area (Å²) in [6.07, 6.45) is 4.20. The summed E-state index contributed by atoms with van der Waals surface area (Å²) in [4.78, 5) is 30.6. The molecule has 1 aliphatic carbocycles. The number of carbonyl (C=O) groups is 2. The third-order valence-corrected chi connectivity index (χ3v) is 7.92. The number of rotatable bonds is 7. The molecule has 2 aliphatic heterocycles. The maximum atomic E-state index is 13.5. The summed E-state index contributed by atoms with van der Waals surface area (Å²) in [5.74, 6) is 1.93. The van der Waals surface area contributed by atoms with Crippen LogP contribution in [0.4, 0.5) is 0 Å². The van der Waals surface area contributed by atoms with Crippen molar-refractivity contribution in [3.05, 3.63) is 60.2 Å². The molecular weight excluding hydrogens is 442 g/mol. The molecule has 3 fully saturated rings. The molecule has 0 unspecified atom stereocenters. The number of likely N-dealkylation sites (tertiary alicyclic amines) is 2. The van der Waals surface area contributed by atoms with Crippen LogP contribution < -0.4 is 14.8 Å². The Bertz CT molecular complexity index is 1030. The van der Waals surface area contributed by atoms with Crippen molar-refractivity contribution in [3.63, 3.8) is 0 Å². The van der Waals surface area contributed by atoms with Gasteiger partial charge in [-0.1, -0.05) is 30.3 Å². The van der Waals surface area contributed by atoms with Gasteiger partial charge in [-0.3, -0.25) is 14.5 Å². The van der Waals surface area contributed by atoms with Crippen LogP contribution in [0.2, 0.25) is 0 Å². The van der Waals surface area contributed by atoms with Crippen molar-refractivity contribution in [2.24, 2.45) is 0 Å². The Labute approximate surface area is 207 Å². The van der Waals surface area contributed by atoms with Gasteiger partial charge in [-0.25, -0.2) is 0 Å². The summed E-state index contributed by atoms with van der Waals surface area (Å²) in [6, 6.07) is 17.8. The highest BCUT2D eigenvalue weighted by atomic mass is 16.5. The topological polar surface area (TPSA) is 71.1 Å². The number of likely N-dealkylation sites (N-methyl/N-ethyl adjacent to an activating group) is 1. The summed E-state index contributed by atoms with van der Waals surface area (Å²) in [6.45, 7) is 2.17. The zero-order valence-corrected chi connectivity index (χ0v) is 20.6. The molecule has 2 atom stereocenters. The molecule has 2 aromatic carbocycles. The minimum Gasteiger partial charge on any atom is -0.497 e. The number of benzene rings is 2. The van der Waals surface area contributed by atoms with E-state index >= 15 is 0 Å². The average Bonchev–Trinajstić information content (AvgIpc) is 3.62. The zero-order chi connectivity index (χ0) is 24.4. The Kier molecular flexibility index (Phi) is 6.69. The second kappa shape index (κ2) is 9.90. The Hall–Kier alpha value is -3.06. The second-order valence-electron chi connectivity index (χ2n) is 9.95. The van der Waals surface area contributed by atoms with Crippen molar-refractivity contribution >= 4 is 11.8 Å². The van der Waals surface area contributed by atoms with Crippen LogP contribution in [0.3, 0.4) is 0 Å². The van der Waals surface area contributed by atoms with Crippen molar-refractivity contribution in [1.82, 2.24) is 15.1 Å². The maximum absolute atomic E-state index is 13.5. The Morgan fingerprint density at radius 2 is 1.66 bits per heavy atom. The minimum absolute atomic E-state index is 0.0239. The molecule has 2 heterocycles. The number of methoxy groups -OCH3 is 1. The van der Waals surface area contributed by atoms with Gasteiger partial charge in [0.1, 0.15) is 17.6 Å². The predicted octanol–water partition coefficient (Wildman–Crippen LogP) is 2.99. The van der Waals surface area contributed by atoms with Crippen LogP contribution in [0.25, 0.3) is 0 Å². The SMILES string of the molecule is CNC(=O)[C@@H]1C[C@H](Oc2ccccc2)CN1C1CCN(C(=O)C2(c3ccc(OC)cc3)CC2)CC1. The number of amides is 2. The minimum atomic E-state index is -0.369. The summed E-state index contributed by atoms with van der Waals surface area (Å²) in [5.41, 5.74) is 0.719. The number of piperidine rings is 1. The summed E-state index contributed by atoms with van der Waals surface area (Å²) >= 11 is 0. The van der Waals surface area contributed by atoms with Gasteiger partial charge < -0.3 is 19.7 Å². The van der Waals surface area contributed by atoms with Gasteiger partial charge in [-0.05, 0) is 55.5 Å². The smallest absolute Gasteiger partial charge is 0.237 e. The highest BCUT2D eigenvalue weighted by Gasteiger charge is 2.53. The van der Waals surface area contributed by atoms with Crippen molar-refractivity contribution in [1.29, 1.82) is 0 Å². The van der Waals surface area contributed by atoms with E-state index in [0.717, 1.165) is 62.4 Å². The molecule has 5 rings (SSSR count). The van der Waals surface area contributed by atoms with Crippen LogP contribution in [0, 0.1) is 0 Å². The van der Waals surface area contributed by atoms with E-state index in [-0.39, 0.29) is 35.4 Å². The fourth-order valence-corrected chi connectivity index (χ4v) is 5.79. The molecule has 35 heavy (non-hydrogen) atoms. The molecule has 1 saturated carbocycles. The van der Waals surface area contributed by atoms with Gasteiger partial charge in [0.05, 0.1) is 18.6 Å². The number of nitrogens with one attached hydrogen (secondary N) is 1. The normalized spacial score (nSPS) is 24.1. The van der Waals surface area contributed by atoms with Crippen molar-refractivity contribution < 1.29 is 19.1 Å². The summed E-state index contributed by atoms with van der Waals surface area (Å²) in [7, 11) is 3.35. The molecule has 2 saturated heterocycles. The first-order chi connectivity index (χ1) is 17.0. The van der Waals surface area contributed by atoms with Gasteiger partial charge in [0.25, 0.3) is 0 Å².